The molecule has 1 atom stereocenters. The van der Waals surface area contributed by atoms with E-state index in [-0.39, 0.29) is 0 Å². The fourth-order valence-corrected chi connectivity index (χ4v) is 2.12. The van der Waals surface area contributed by atoms with Crippen LogP contribution in [0, 0.1) is 0 Å². The molecule has 100 valence electrons. The van der Waals surface area contributed by atoms with Gasteiger partial charge < -0.3 is 10.1 Å². The maximum absolute atomic E-state index is 5.93. The number of pyridine rings is 1. The van der Waals surface area contributed by atoms with Crippen LogP contribution in [0.15, 0.2) is 48.8 Å². The second-order valence-corrected chi connectivity index (χ2v) is 4.44. The Bertz CT molecular complexity index is 495. The minimum atomic E-state index is 0.324. The van der Waals surface area contributed by atoms with Gasteiger partial charge in [-0.05, 0) is 25.6 Å². The zero-order valence-corrected chi connectivity index (χ0v) is 11.5. The fourth-order valence-electron chi connectivity index (χ4n) is 2.12. The van der Waals surface area contributed by atoms with Gasteiger partial charge in [-0.1, -0.05) is 31.2 Å². The number of para-hydroxylation sites is 1. The lowest BCUT2D eigenvalue weighted by Gasteiger charge is -2.18. The Morgan fingerprint density at radius 1 is 1.21 bits per heavy atom. The number of benzene rings is 1. The minimum Gasteiger partial charge on any atom is -0.489 e. The van der Waals surface area contributed by atoms with E-state index in [4.69, 9.17) is 4.74 Å². The van der Waals surface area contributed by atoms with Crippen molar-refractivity contribution < 1.29 is 4.74 Å². The Hall–Kier alpha value is -1.87. The molecule has 0 spiro atoms. The first-order valence-corrected chi connectivity index (χ1v) is 6.63. The zero-order chi connectivity index (χ0) is 13.5. The first-order chi connectivity index (χ1) is 9.35. The molecule has 2 rings (SSSR count). The van der Waals surface area contributed by atoms with E-state index in [1.165, 1.54) is 5.56 Å². The summed E-state index contributed by atoms with van der Waals surface area (Å²) >= 11 is 0. The molecule has 1 N–H and O–H groups in total. The predicted octanol–water partition coefficient (Wildman–Crippen LogP) is 3.33. The molecule has 3 nitrogen and oxygen atoms in total. The summed E-state index contributed by atoms with van der Waals surface area (Å²) in [5.74, 6) is 0.938. The summed E-state index contributed by atoms with van der Waals surface area (Å²) in [6.07, 6.45) is 4.63. The van der Waals surface area contributed by atoms with Crippen LogP contribution in [0.4, 0.5) is 0 Å². The van der Waals surface area contributed by atoms with Crippen LogP contribution in [0.25, 0.3) is 0 Å². The van der Waals surface area contributed by atoms with E-state index in [9.17, 15) is 0 Å². The summed E-state index contributed by atoms with van der Waals surface area (Å²) in [6.45, 7) is 2.71. The molecule has 0 bridgehead atoms. The van der Waals surface area contributed by atoms with Crippen molar-refractivity contribution in [3.05, 3.63) is 59.9 Å². The summed E-state index contributed by atoms with van der Waals surface area (Å²) in [4.78, 5) is 4.09. The van der Waals surface area contributed by atoms with E-state index in [2.05, 4.69) is 23.3 Å². The summed E-state index contributed by atoms with van der Waals surface area (Å²) in [6, 6.07) is 12.5. The molecule has 0 aliphatic rings. The Morgan fingerprint density at radius 2 is 2.05 bits per heavy atom. The highest BCUT2D eigenvalue weighted by Crippen LogP contribution is 2.27. The van der Waals surface area contributed by atoms with Crippen molar-refractivity contribution in [2.45, 2.75) is 26.0 Å². The van der Waals surface area contributed by atoms with Gasteiger partial charge in [-0.2, -0.15) is 0 Å². The largest absolute Gasteiger partial charge is 0.489 e. The van der Waals surface area contributed by atoms with Gasteiger partial charge in [0, 0.05) is 29.6 Å². The van der Waals surface area contributed by atoms with Crippen molar-refractivity contribution in [1.82, 2.24) is 10.3 Å². The molecule has 1 heterocycles. The van der Waals surface area contributed by atoms with Crippen molar-refractivity contribution in [3.8, 4) is 5.75 Å². The van der Waals surface area contributed by atoms with E-state index >= 15 is 0 Å². The highest BCUT2D eigenvalue weighted by molar-refractivity contribution is 5.36. The van der Waals surface area contributed by atoms with Crippen LogP contribution in [0.1, 0.15) is 30.5 Å². The molecule has 0 aliphatic carbocycles. The van der Waals surface area contributed by atoms with Crippen LogP contribution in [0.2, 0.25) is 0 Å². The second-order valence-electron chi connectivity index (χ2n) is 4.44. The highest BCUT2D eigenvalue weighted by atomic mass is 16.5. The number of nitrogens with zero attached hydrogens (tertiary/aromatic N) is 1. The first kappa shape index (κ1) is 13.6. The summed E-state index contributed by atoms with van der Waals surface area (Å²) < 4.78 is 5.93. The lowest BCUT2D eigenvalue weighted by molar-refractivity contribution is 0.298. The number of rotatable bonds is 6. The number of ether oxygens (including phenoxy) is 1. The van der Waals surface area contributed by atoms with E-state index in [1.807, 2.05) is 43.6 Å². The molecule has 0 amide bonds. The molecule has 0 aliphatic heterocycles. The monoisotopic (exact) mass is 256 g/mol. The molecule has 0 fully saturated rings. The number of nitrogens with one attached hydrogen (secondary N) is 1. The van der Waals surface area contributed by atoms with Gasteiger partial charge in [0.05, 0.1) is 0 Å². The summed E-state index contributed by atoms with van der Waals surface area (Å²) in [7, 11) is 1.98. The lowest BCUT2D eigenvalue weighted by Crippen LogP contribution is -2.16. The fraction of sp³-hybridized carbons (Fsp3) is 0.312. The van der Waals surface area contributed by atoms with Crippen LogP contribution in [-0.4, -0.2) is 12.0 Å². The van der Waals surface area contributed by atoms with E-state index in [0.717, 1.165) is 17.7 Å². The van der Waals surface area contributed by atoms with Gasteiger partial charge in [-0.25, -0.2) is 0 Å². The van der Waals surface area contributed by atoms with Crippen molar-refractivity contribution >= 4 is 0 Å². The van der Waals surface area contributed by atoms with Gasteiger partial charge in [-0.15, -0.1) is 0 Å². The van der Waals surface area contributed by atoms with Crippen LogP contribution in [0.3, 0.4) is 0 Å². The maximum atomic E-state index is 5.93. The quantitative estimate of drug-likeness (QED) is 0.860. The average molecular weight is 256 g/mol. The Balaban J connectivity index is 2.12. The zero-order valence-electron chi connectivity index (χ0n) is 11.5. The van der Waals surface area contributed by atoms with E-state index < -0.39 is 0 Å². The minimum absolute atomic E-state index is 0.324. The number of aromatic nitrogens is 1. The molecule has 0 saturated heterocycles. The highest BCUT2D eigenvalue weighted by Gasteiger charge is 2.12. The molecular weight excluding hydrogens is 236 g/mol. The number of hydrogen-bond donors (Lipinski definition) is 1. The van der Waals surface area contributed by atoms with Crippen molar-refractivity contribution in [1.29, 1.82) is 0 Å². The second kappa shape index (κ2) is 6.90. The smallest absolute Gasteiger partial charge is 0.124 e. The van der Waals surface area contributed by atoms with Crippen molar-refractivity contribution in [3.63, 3.8) is 0 Å². The number of hydrogen-bond acceptors (Lipinski definition) is 3. The molecule has 3 heteroatoms. The molecule has 0 radical (unpaired) electrons. The van der Waals surface area contributed by atoms with Gasteiger partial charge in [0.1, 0.15) is 12.4 Å². The molecule has 0 saturated carbocycles. The molecular formula is C16H20N2O. The summed E-state index contributed by atoms with van der Waals surface area (Å²) in [5.41, 5.74) is 2.28. The van der Waals surface area contributed by atoms with Gasteiger partial charge in [0.15, 0.2) is 0 Å². The molecule has 1 aromatic carbocycles. The van der Waals surface area contributed by atoms with E-state index in [0.29, 0.717) is 12.6 Å². The van der Waals surface area contributed by atoms with Crippen LogP contribution >= 0.6 is 0 Å². The predicted molar refractivity (Wildman–Crippen MR) is 77.1 cm³/mol. The summed E-state index contributed by atoms with van der Waals surface area (Å²) in [5, 5.41) is 3.31. The molecule has 19 heavy (non-hydrogen) atoms. The van der Waals surface area contributed by atoms with E-state index in [1.54, 1.807) is 6.20 Å². The van der Waals surface area contributed by atoms with Gasteiger partial charge >= 0.3 is 0 Å². The van der Waals surface area contributed by atoms with Crippen LogP contribution in [0.5, 0.6) is 5.75 Å². The Kier molecular flexibility index (Phi) is 4.93. The third-order valence-electron chi connectivity index (χ3n) is 3.17. The molecule has 1 unspecified atom stereocenters. The Labute approximate surface area is 114 Å². The molecule has 1 aromatic heterocycles. The first-order valence-electron chi connectivity index (χ1n) is 6.63. The Morgan fingerprint density at radius 3 is 2.74 bits per heavy atom. The van der Waals surface area contributed by atoms with Crippen molar-refractivity contribution in [2.24, 2.45) is 0 Å². The normalized spacial score (nSPS) is 12.1. The average Bonchev–Trinajstić information content (AvgIpc) is 2.48. The third kappa shape index (κ3) is 3.55. The van der Waals surface area contributed by atoms with Gasteiger partial charge in [0.25, 0.3) is 0 Å². The van der Waals surface area contributed by atoms with Gasteiger partial charge in [0.2, 0.25) is 0 Å². The SMILES string of the molecule is CCC(NC)c1ccccc1OCc1cccnc1. The van der Waals surface area contributed by atoms with Crippen LogP contribution in [-0.2, 0) is 6.61 Å². The van der Waals surface area contributed by atoms with Gasteiger partial charge in [-0.3, -0.25) is 4.98 Å². The third-order valence-corrected chi connectivity index (χ3v) is 3.17. The maximum Gasteiger partial charge on any atom is 0.124 e. The standard InChI is InChI=1S/C16H20N2O/c1-3-15(17-2)14-8-4-5-9-16(14)19-12-13-7-6-10-18-11-13/h4-11,15,17H,3,12H2,1-2H3. The topological polar surface area (TPSA) is 34.1 Å². The van der Waals surface area contributed by atoms with Crippen LogP contribution < -0.4 is 10.1 Å². The van der Waals surface area contributed by atoms with Crippen molar-refractivity contribution in [2.75, 3.05) is 7.05 Å². The molecule has 2 aromatic rings. The lowest BCUT2D eigenvalue weighted by atomic mass is 10.0.